The molecule has 5 aliphatic rings. The Hall–Kier alpha value is 0.400. The molecule has 5 fully saturated rings. The Kier molecular flexibility index (Phi) is 16.7. The highest BCUT2D eigenvalue weighted by atomic mass is 32.1. The average Bonchev–Trinajstić information content (AvgIpc) is 3.14. The molecule has 0 aromatic rings. The van der Waals surface area contributed by atoms with Crippen molar-refractivity contribution in [2.75, 3.05) is 140 Å². The Morgan fingerprint density at radius 3 is 1.89 bits per heavy atom. The van der Waals surface area contributed by atoms with Gasteiger partial charge in [0.15, 0.2) is 0 Å². The van der Waals surface area contributed by atoms with E-state index in [0.717, 1.165) is 0 Å². The van der Waals surface area contributed by atoms with Gasteiger partial charge in [-0.25, -0.2) is 28.0 Å². The number of hydrogen-bond acceptors (Lipinski definition) is 14. The molecule has 0 aromatic heterocycles. The highest BCUT2D eigenvalue weighted by Gasteiger charge is 2.47. The predicted molar refractivity (Wildman–Crippen MR) is 203 cm³/mol. The van der Waals surface area contributed by atoms with Crippen LogP contribution in [0.4, 0.5) is 0 Å². The summed E-state index contributed by atoms with van der Waals surface area (Å²) < 4.78 is 97.2. The summed E-state index contributed by atoms with van der Waals surface area (Å²) in [4.78, 5) is 0. The molecule has 19 nitrogen and oxygen atoms in total. The predicted octanol–water partition coefficient (Wildman–Crippen LogP) is 0.505. The molecule has 0 bridgehead atoms. The molecule has 5 aliphatic heterocycles. The highest BCUT2D eigenvalue weighted by molar-refractivity contribution is 7.80. The summed E-state index contributed by atoms with van der Waals surface area (Å²) in [6, 6.07) is 0. The lowest BCUT2D eigenvalue weighted by atomic mass is 10.2. The van der Waals surface area contributed by atoms with Gasteiger partial charge in [-0.05, 0) is 42.0 Å². The minimum absolute atomic E-state index is 0.00605. The first-order valence-electron chi connectivity index (χ1n) is 18.6. The maximum atomic E-state index is 15.2. The normalized spacial score (nSPS) is 35.5. The zero-order chi connectivity index (χ0) is 38.4. The van der Waals surface area contributed by atoms with Gasteiger partial charge in [-0.3, -0.25) is 13.7 Å². The number of aliphatic hydroxyl groups excluding tert-OH is 1. The summed E-state index contributed by atoms with van der Waals surface area (Å²) in [6.45, 7) is 9.46. The van der Waals surface area contributed by atoms with E-state index in [9.17, 15) is 14.2 Å². The monoisotopic (exact) mass is 836 g/mol. The fourth-order valence-corrected chi connectivity index (χ4v) is 14.1. The van der Waals surface area contributed by atoms with Crippen molar-refractivity contribution in [3.8, 4) is 0 Å². The fraction of sp³-hybridized carbons (Fsp3) is 1.00. The Morgan fingerprint density at radius 1 is 0.679 bits per heavy atom. The molecular weight excluding hydrogens is 773 g/mol. The molecule has 0 saturated carbocycles. The van der Waals surface area contributed by atoms with Crippen molar-refractivity contribution in [3.63, 3.8) is 0 Å². The standard InChI is InChI=1S/C30H63N8O11P3S/c1-24-15-37(17-27(20-39)47-24)51(41,34(5)6)45-23-29-19-38(16-25(2)48-29)52(42,35-9-7-31-8-10-35)46-22-28-18-36(11-12-43-28)50(40,33(3)4)44-21-26-13-32-14-30(53)49-26/h24-32,39,53H,7-23H2,1-6H3/t24-,25-,26-,27?,28-,29-,30-,50?,51?,52?/m0/s1. The van der Waals surface area contributed by atoms with Crippen LogP contribution in [0.1, 0.15) is 13.8 Å². The van der Waals surface area contributed by atoms with Crippen LogP contribution < -0.4 is 10.6 Å². The van der Waals surface area contributed by atoms with Gasteiger partial charge in [0, 0.05) is 78.5 Å². The molecule has 4 unspecified atom stereocenters. The fourth-order valence-electron chi connectivity index (χ4n) is 7.15. The lowest BCUT2D eigenvalue weighted by molar-refractivity contribution is -0.0894. The number of piperazine rings is 1. The van der Waals surface area contributed by atoms with Crippen LogP contribution in [0.3, 0.4) is 0 Å². The molecule has 5 rings (SSSR count). The smallest absolute Gasteiger partial charge is 0.346 e. The number of morpholine rings is 4. The summed E-state index contributed by atoms with van der Waals surface area (Å²) in [5.41, 5.74) is -0.260. The number of thiol groups is 1. The number of rotatable bonds is 16. The number of nitrogens with zero attached hydrogens (tertiary/aromatic N) is 6. The summed E-state index contributed by atoms with van der Waals surface area (Å²) >= 11 is 4.40. The molecule has 0 radical (unpaired) electrons. The third kappa shape index (κ3) is 11.3. The molecule has 10 atom stereocenters. The van der Waals surface area contributed by atoms with Crippen molar-refractivity contribution in [3.05, 3.63) is 0 Å². The second-order valence-corrected chi connectivity index (χ2v) is 22.8. The second kappa shape index (κ2) is 19.9. The molecule has 310 valence electrons. The molecule has 5 heterocycles. The summed E-state index contributed by atoms with van der Waals surface area (Å²) in [7, 11) is -3.74. The SMILES string of the molecule is C[C@H]1CN(P(=O)(OC[C@@H]2CN(P(=O)(OC[C@@H]3CN(P(=O)(OC[C@@H]4CNC[C@H](S)O4)N(C)C)CCO3)N3CCNCC3)C[C@H](C)O2)N(C)C)CC(CO)O1. The highest BCUT2D eigenvalue weighted by Crippen LogP contribution is 2.58. The molecular formula is C30H63N8O11P3S. The van der Waals surface area contributed by atoms with E-state index >= 15 is 4.57 Å². The van der Waals surface area contributed by atoms with E-state index in [0.29, 0.717) is 65.5 Å². The van der Waals surface area contributed by atoms with Crippen LogP contribution in [-0.4, -0.2) is 215 Å². The third-order valence-electron chi connectivity index (χ3n) is 9.80. The number of aliphatic hydroxyl groups is 1. The Balaban J connectivity index is 1.25. The van der Waals surface area contributed by atoms with Crippen LogP contribution in [0, 0.1) is 0 Å². The third-order valence-corrected chi connectivity index (χ3v) is 17.9. The van der Waals surface area contributed by atoms with Gasteiger partial charge in [0.1, 0.15) is 5.44 Å². The first kappa shape index (κ1) is 44.5. The van der Waals surface area contributed by atoms with Gasteiger partial charge in [0.25, 0.3) is 0 Å². The molecule has 0 aliphatic carbocycles. The molecule has 53 heavy (non-hydrogen) atoms. The van der Waals surface area contributed by atoms with Crippen molar-refractivity contribution >= 4 is 35.6 Å². The van der Waals surface area contributed by atoms with Gasteiger partial charge in [-0.2, -0.15) is 0 Å². The topological polar surface area (TPSA) is 180 Å². The van der Waals surface area contributed by atoms with E-state index in [1.165, 1.54) is 0 Å². The van der Waals surface area contributed by atoms with Gasteiger partial charge in [0.2, 0.25) is 0 Å². The van der Waals surface area contributed by atoms with Crippen LogP contribution in [0.15, 0.2) is 0 Å². The number of ether oxygens (including phenoxy) is 4. The molecule has 5 saturated heterocycles. The van der Waals surface area contributed by atoms with Crippen LogP contribution in [0.5, 0.6) is 0 Å². The van der Waals surface area contributed by atoms with Gasteiger partial charge in [-0.15, -0.1) is 12.6 Å². The van der Waals surface area contributed by atoms with Gasteiger partial charge in [0.05, 0.1) is 69.7 Å². The van der Waals surface area contributed by atoms with Crippen molar-refractivity contribution in [1.29, 1.82) is 0 Å². The van der Waals surface area contributed by atoms with E-state index in [-0.39, 0.29) is 69.8 Å². The molecule has 23 heteroatoms. The first-order chi connectivity index (χ1) is 25.2. The van der Waals surface area contributed by atoms with Crippen LogP contribution >= 0.6 is 35.6 Å². The zero-order valence-electron chi connectivity index (χ0n) is 32.1. The molecule has 0 spiro atoms. The Morgan fingerprint density at radius 2 is 1.25 bits per heavy atom. The first-order valence-corrected chi connectivity index (χ1v) is 23.7. The van der Waals surface area contributed by atoms with Crippen molar-refractivity contribution in [1.82, 2.24) is 38.7 Å². The Bertz CT molecular complexity index is 1310. The van der Waals surface area contributed by atoms with E-state index in [2.05, 4.69) is 23.3 Å². The average molecular weight is 837 g/mol. The number of nitrogens with one attached hydrogen (secondary N) is 2. The molecule has 0 aromatic carbocycles. The van der Waals surface area contributed by atoms with E-state index < -0.39 is 41.3 Å². The minimum atomic E-state index is -3.64. The quantitative estimate of drug-likeness (QED) is 0.125. The molecule has 0 amide bonds. The van der Waals surface area contributed by atoms with Gasteiger partial charge >= 0.3 is 23.0 Å². The van der Waals surface area contributed by atoms with Crippen LogP contribution in [0.25, 0.3) is 0 Å². The lowest BCUT2D eigenvalue weighted by Crippen LogP contribution is -2.52. The van der Waals surface area contributed by atoms with Gasteiger partial charge < -0.3 is 48.3 Å². The summed E-state index contributed by atoms with van der Waals surface area (Å²) in [6.07, 6.45) is -2.39. The van der Waals surface area contributed by atoms with E-state index in [1.807, 2.05) is 23.2 Å². The van der Waals surface area contributed by atoms with Gasteiger partial charge in [-0.1, -0.05) is 0 Å². The maximum absolute atomic E-state index is 15.2. The minimum Gasteiger partial charge on any atom is -0.394 e. The number of hydrogen-bond donors (Lipinski definition) is 4. The van der Waals surface area contributed by atoms with E-state index in [1.54, 1.807) is 46.9 Å². The van der Waals surface area contributed by atoms with Crippen molar-refractivity contribution < 1.29 is 51.3 Å². The molecule has 3 N–H and O–H groups in total. The van der Waals surface area contributed by atoms with E-state index in [4.69, 9.17) is 32.5 Å². The lowest BCUT2D eigenvalue weighted by Gasteiger charge is -2.46. The summed E-state index contributed by atoms with van der Waals surface area (Å²) in [5.74, 6) is 0. The van der Waals surface area contributed by atoms with Crippen molar-refractivity contribution in [2.45, 2.75) is 55.9 Å². The van der Waals surface area contributed by atoms with Crippen molar-refractivity contribution in [2.24, 2.45) is 0 Å². The summed E-state index contributed by atoms with van der Waals surface area (Å²) in [5, 5.41) is 16.3. The maximum Gasteiger partial charge on any atom is 0.346 e. The van der Waals surface area contributed by atoms with Crippen LogP contribution in [-0.2, 0) is 46.2 Å². The Labute approximate surface area is 320 Å². The zero-order valence-corrected chi connectivity index (χ0v) is 35.6. The second-order valence-electron chi connectivity index (χ2n) is 14.6. The van der Waals surface area contributed by atoms with Crippen LogP contribution in [0.2, 0.25) is 0 Å². The largest absolute Gasteiger partial charge is 0.394 e.